The number of benzene rings is 1. The average molecular weight is 374 g/mol. The van der Waals surface area contributed by atoms with Crippen molar-refractivity contribution in [2.75, 3.05) is 19.7 Å². The minimum Gasteiger partial charge on any atom is -0.493 e. The summed E-state index contributed by atoms with van der Waals surface area (Å²) in [6.07, 6.45) is 1.97. The molecule has 0 aliphatic carbocycles. The number of urea groups is 2. The topological polar surface area (TPSA) is 117 Å². The number of carbonyl (C=O) groups is 4. The summed E-state index contributed by atoms with van der Waals surface area (Å²) in [5.74, 6) is -0.728. The molecule has 1 atom stereocenters. The number of unbranched alkanes of at least 4 members (excludes halogenated alkanes) is 1. The average Bonchev–Trinajstić information content (AvgIpc) is 2.87. The third-order valence-corrected chi connectivity index (χ3v) is 4.63. The van der Waals surface area contributed by atoms with Crippen LogP contribution < -0.4 is 20.7 Å². The molecule has 6 amide bonds. The zero-order valence-electron chi connectivity index (χ0n) is 15.0. The van der Waals surface area contributed by atoms with Crippen LogP contribution in [0, 0.1) is 0 Å². The van der Waals surface area contributed by atoms with Gasteiger partial charge in [-0.25, -0.2) is 9.59 Å². The molecule has 1 aromatic carbocycles. The lowest BCUT2D eigenvalue weighted by atomic mass is 9.84. The zero-order chi connectivity index (χ0) is 19.4. The predicted octanol–water partition coefficient (Wildman–Crippen LogP) is 0.842. The molecule has 27 heavy (non-hydrogen) atoms. The normalized spacial score (nSPS) is 20.7. The minimum absolute atomic E-state index is 0.267. The van der Waals surface area contributed by atoms with Crippen molar-refractivity contribution in [3.05, 3.63) is 29.8 Å². The van der Waals surface area contributed by atoms with Crippen molar-refractivity contribution in [1.29, 1.82) is 0 Å². The Hall–Kier alpha value is -3.10. The minimum atomic E-state index is -1.24. The van der Waals surface area contributed by atoms with E-state index in [-0.39, 0.29) is 13.0 Å². The van der Waals surface area contributed by atoms with E-state index in [0.717, 1.165) is 17.7 Å². The molecule has 0 radical (unpaired) electrons. The monoisotopic (exact) mass is 374 g/mol. The Kier molecular flexibility index (Phi) is 5.29. The van der Waals surface area contributed by atoms with Crippen molar-refractivity contribution in [1.82, 2.24) is 20.9 Å². The van der Waals surface area contributed by atoms with Crippen LogP contribution in [0.5, 0.6) is 5.75 Å². The van der Waals surface area contributed by atoms with E-state index in [1.165, 1.54) is 0 Å². The third kappa shape index (κ3) is 3.57. The Balaban J connectivity index is 1.69. The molecule has 144 valence electrons. The molecule has 2 heterocycles. The van der Waals surface area contributed by atoms with Gasteiger partial charge in [-0.2, -0.15) is 0 Å². The highest BCUT2D eigenvalue weighted by Crippen LogP contribution is 2.40. The highest BCUT2D eigenvalue weighted by atomic mass is 16.5. The second-order valence-electron chi connectivity index (χ2n) is 6.48. The lowest BCUT2D eigenvalue weighted by molar-refractivity contribution is -0.135. The van der Waals surface area contributed by atoms with Gasteiger partial charge in [0, 0.05) is 18.5 Å². The van der Waals surface area contributed by atoms with E-state index in [4.69, 9.17) is 4.74 Å². The zero-order valence-corrected chi connectivity index (χ0v) is 15.0. The number of imide groups is 2. The summed E-state index contributed by atoms with van der Waals surface area (Å²) < 4.78 is 5.56. The maximum atomic E-state index is 13.0. The van der Waals surface area contributed by atoms with Crippen molar-refractivity contribution in [2.24, 2.45) is 0 Å². The fraction of sp³-hybridized carbons (Fsp3) is 0.444. The van der Waals surface area contributed by atoms with Crippen molar-refractivity contribution in [3.8, 4) is 5.75 Å². The first-order valence-corrected chi connectivity index (χ1v) is 8.92. The molecule has 1 spiro atoms. The first-order chi connectivity index (χ1) is 13.0. The van der Waals surface area contributed by atoms with Gasteiger partial charge in [0.1, 0.15) is 12.3 Å². The molecular weight excluding hydrogens is 352 g/mol. The van der Waals surface area contributed by atoms with Gasteiger partial charge in [-0.3, -0.25) is 19.8 Å². The summed E-state index contributed by atoms with van der Waals surface area (Å²) in [6.45, 7) is 2.16. The van der Waals surface area contributed by atoms with Gasteiger partial charge in [0.15, 0.2) is 5.54 Å². The van der Waals surface area contributed by atoms with Gasteiger partial charge in [0.2, 0.25) is 5.91 Å². The van der Waals surface area contributed by atoms with E-state index in [2.05, 4.69) is 16.0 Å². The van der Waals surface area contributed by atoms with E-state index < -0.39 is 36.0 Å². The molecule has 0 bridgehead atoms. The molecule has 9 heteroatoms. The van der Waals surface area contributed by atoms with Crippen LogP contribution in [0.3, 0.4) is 0 Å². The second-order valence-corrected chi connectivity index (χ2v) is 6.48. The van der Waals surface area contributed by atoms with Crippen molar-refractivity contribution >= 4 is 23.9 Å². The first kappa shape index (κ1) is 18.7. The number of ether oxygens (including phenoxy) is 1. The van der Waals surface area contributed by atoms with E-state index >= 15 is 0 Å². The molecule has 3 rings (SSSR count). The van der Waals surface area contributed by atoms with Gasteiger partial charge in [0.25, 0.3) is 5.91 Å². The summed E-state index contributed by atoms with van der Waals surface area (Å²) in [7, 11) is 0. The molecule has 9 nitrogen and oxygen atoms in total. The Morgan fingerprint density at radius 2 is 2.07 bits per heavy atom. The molecule has 1 aromatic rings. The van der Waals surface area contributed by atoms with Crippen LogP contribution in [0.2, 0.25) is 0 Å². The molecule has 2 aliphatic heterocycles. The van der Waals surface area contributed by atoms with Gasteiger partial charge in [-0.1, -0.05) is 31.5 Å². The first-order valence-electron chi connectivity index (χ1n) is 8.92. The van der Waals surface area contributed by atoms with Crippen molar-refractivity contribution < 1.29 is 23.9 Å². The van der Waals surface area contributed by atoms with Crippen LogP contribution in [0.15, 0.2) is 24.3 Å². The van der Waals surface area contributed by atoms with Crippen LogP contribution in [0.25, 0.3) is 0 Å². The Labute approximate surface area is 156 Å². The molecule has 3 N–H and O–H groups in total. The Morgan fingerprint density at radius 3 is 2.85 bits per heavy atom. The number of rotatable bonds is 5. The number of nitrogens with zero attached hydrogens (tertiary/aromatic N) is 1. The fourth-order valence-corrected chi connectivity index (χ4v) is 3.25. The molecule has 1 saturated heterocycles. The smallest absolute Gasteiger partial charge is 0.325 e. The molecule has 2 aliphatic rings. The summed E-state index contributed by atoms with van der Waals surface area (Å²) in [6, 6.07) is 5.67. The number of carbonyl (C=O) groups excluding carboxylic acids is 4. The van der Waals surface area contributed by atoms with Gasteiger partial charge < -0.3 is 15.4 Å². The van der Waals surface area contributed by atoms with Crippen LogP contribution in [-0.2, 0) is 15.1 Å². The van der Waals surface area contributed by atoms with Crippen molar-refractivity contribution in [3.63, 3.8) is 0 Å². The number of fused-ring (bicyclic) bond motifs is 2. The lowest BCUT2D eigenvalue weighted by Crippen LogP contribution is -2.49. The Morgan fingerprint density at radius 1 is 1.30 bits per heavy atom. The molecule has 0 aromatic heterocycles. The number of hydrogen-bond donors (Lipinski definition) is 3. The van der Waals surface area contributed by atoms with Gasteiger partial charge in [-0.05, 0) is 12.5 Å². The number of amides is 6. The number of nitrogens with one attached hydrogen (secondary N) is 3. The summed E-state index contributed by atoms with van der Waals surface area (Å²) >= 11 is 0. The highest BCUT2D eigenvalue weighted by Gasteiger charge is 2.55. The molecule has 0 saturated carbocycles. The molecule has 1 unspecified atom stereocenters. The lowest BCUT2D eigenvalue weighted by Gasteiger charge is -2.33. The van der Waals surface area contributed by atoms with Crippen LogP contribution >= 0.6 is 0 Å². The predicted molar refractivity (Wildman–Crippen MR) is 94.9 cm³/mol. The van der Waals surface area contributed by atoms with Crippen LogP contribution in [-0.4, -0.2) is 48.5 Å². The standard InChI is InChI=1S/C18H22N4O5/c1-2-3-9-19-16(25)20-14(23)11-22-15(24)18(21-17(22)26)8-10-27-13-7-5-4-6-12(13)18/h4-7H,2-3,8-11H2,1H3,(H,21,26)(H2,19,20,23,25). The molecule has 1 fully saturated rings. The van der Waals surface area contributed by atoms with Gasteiger partial charge in [0.05, 0.1) is 6.61 Å². The summed E-state index contributed by atoms with van der Waals surface area (Å²) in [4.78, 5) is 49.9. The fourth-order valence-electron chi connectivity index (χ4n) is 3.25. The van der Waals surface area contributed by atoms with E-state index in [1.54, 1.807) is 24.3 Å². The SMILES string of the molecule is CCCCNC(=O)NC(=O)CN1C(=O)NC2(CCOc3ccccc32)C1=O. The summed E-state index contributed by atoms with van der Waals surface area (Å²) in [5.41, 5.74) is -0.676. The van der Waals surface area contributed by atoms with Crippen LogP contribution in [0.1, 0.15) is 31.7 Å². The van der Waals surface area contributed by atoms with Gasteiger partial charge >= 0.3 is 12.1 Å². The third-order valence-electron chi connectivity index (χ3n) is 4.63. The number of para-hydroxylation sites is 1. The Bertz CT molecular complexity index is 781. The maximum absolute atomic E-state index is 13.0. The van der Waals surface area contributed by atoms with E-state index in [1.807, 2.05) is 6.92 Å². The van der Waals surface area contributed by atoms with Crippen LogP contribution in [0.4, 0.5) is 9.59 Å². The molecular formula is C18H22N4O5. The highest BCUT2D eigenvalue weighted by molar-refractivity contribution is 6.10. The van der Waals surface area contributed by atoms with E-state index in [0.29, 0.717) is 17.9 Å². The largest absolute Gasteiger partial charge is 0.493 e. The van der Waals surface area contributed by atoms with Gasteiger partial charge in [-0.15, -0.1) is 0 Å². The second kappa shape index (κ2) is 7.65. The quantitative estimate of drug-likeness (QED) is 0.522. The summed E-state index contributed by atoms with van der Waals surface area (Å²) in [5, 5.41) is 7.37. The number of hydrogen-bond acceptors (Lipinski definition) is 5. The van der Waals surface area contributed by atoms with Crippen molar-refractivity contribution in [2.45, 2.75) is 31.7 Å². The van der Waals surface area contributed by atoms with E-state index in [9.17, 15) is 19.2 Å². The maximum Gasteiger partial charge on any atom is 0.325 e.